The molecular formula is C25H19NO4S2. The Hall–Kier alpha value is -3.29. The summed E-state index contributed by atoms with van der Waals surface area (Å²) in [7, 11) is 0. The molecular weight excluding hydrogens is 442 g/mol. The second kappa shape index (κ2) is 9.06. The van der Waals surface area contributed by atoms with Gasteiger partial charge in [-0.15, -0.1) is 11.3 Å². The standard InChI is InChI=1S/C25H19NO4S2/c27-21(28)15-29-19-13-7-12-18-22-20(14-30-23(18)19)31-25(26-22)32-24(16-8-3-1-4-9-16)17-10-5-2-6-11-17/h1-13,24H,14-15H2,(H,27,28). The number of carboxylic acid groups (broad SMARTS) is 1. The van der Waals surface area contributed by atoms with E-state index in [4.69, 9.17) is 19.6 Å². The number of benzene rings is 3. The van der Waals surface area contributed by atoms with Crippen LogP contribution in [0.4, 0.5) is 0 Å². The number of aliphatic carboxylic acids is 1. The average Bonchev–Trinajstić information content (AvgIpc) is 3.25. The van der Waals surface area contributed by atoms with Crippen molar-refractivity contribution in [3.05, 3.63) is 94.9 Å². The second-order valence-electron chi connectivity index (χ2n) is 7.17. The van der Waals surface area contributed by atoms with E-state index in [0.717, 1.165) is 20.5 Å². The maximum atomic E-state index is 10.9. The molecule has 0 radical (unpaired) electrons. The van der Waals surface area contributed by atoms with E-state index in [0.29, 0.717) is 18.1 Å². The van der Waals surface area contributed by atoms with Crippen molar-refractivity contribution in [3.8, 4) is 22.8 Å². The van der Waals surface area contributed by atoms with E-state index in [9.17, 15) is 4.79 Å². The van der Waals surface area contributed by atoms with Gasteiger partial charge in [0.1, 0.15) is 6.61 Å². The van der Waals surface area contributed by atoms with E-state index in [1.54, 1.807) is 29.2 Å². The van der Waals surface area contributed by atoms with Gasteiger partial charge in [0.25, 0.3) is 0 Å². The van der Waals surface area contributed by atoms with Gasteiger partial charge in [0.2, 0.25) is 0 Å². The van der Waals surface area contributed by atoms with Crippen molar-refractivity contribution in [1.82, 2.24) is 4.98 Å². The SMILES string of the molecule is O=C(O)COc1cccc2c1OCc1sc(SC(c3ccccc3)c3ccccc3)nc1-2. The second-order valence-corrected chi connectivity index (χ2v) is 9.61. The highest BCUT2D eigenvalue weighted by molar-refractivity contribution is 8.01. The normalized spacial score (nSPS) is 12.0. The highest BCUT2D eigenvalue weighted by atomic mass is 32.2. The van der Waals surface area contributed by atoms with Crippen LogP contribution in [0.5, 0.6) is 11.5 Å². The Labute approximate surface area is 193 Å². The molecule has 1 aromatic heterocycles. The van der Waals surface area contributed by atoms with Gasteiger partial charge < -0.3 is 14.6 Å². The van der Waals surface area contributed by atoms with E-state index in [2.05, 4.69) is 48.5 Å². The molecule has 0 bridgehead atoms. The fourth-order valence-corrected chi connectivity index (χ4v) is 6.05. The molecule has 0 fully saturated rings. The third kappa shape index (κ3) is 4.22. The molecule has 3 aromatic carbocycles. The summed E-state index contributed by atoms with van der Waals surface area (Å²) in [5.41, 5.74) is 4.14. The Morgan fingerprint density at radius 1 is 1.03 bits per heavy atom. The van der Waals surface area contributed by atoms with Gasteiger partial charge in [0, 0.05) is 5.56 Å². The number of nitrogens with zero attached hydrogens (tertiary/aromatic N) is 1. The lowest BCUT2D eigenvalue weighted by Gasteiger charge is -2.19. The van der Waals surface area contributed by atoms with Crippen molar-refractivity contribution >= 4 is 29.1 Å². The quantitative estimate of drug-likeness (QED) is 0.338. The zero-order valence-electron chi connectivity index (χ0n) is 16.9. The van der Waals surface area contributed by atoms with Crippen LogP contribution in [0.2, 0.25) is 0 Å². The van der Waals surface area contributed by atoms with E-state index >= 15 is 0 Å². The van der Waals surface area contributed by atoms with Crippen LogP contribution in [0, 0.1) is 0 Å². The molecule has 160 valence electrons. The molecule has 0 saturated heterocycles. The van der Waals surface area contributed by atoms with Gasteiger partial charge in [-0.25, -0.2) is 9.78 Å². The number of thioether (sulfide) groups is 1. The number of carbonyl (C=O) groups is 1. The Bertz CT molecular complexity index is 1200. The topological polar surface area (TPSA) is 68.7 Å². The first-order chi connectivity index (χ1) is 15.7. The molecule has 0 unspecified atom stereocenters. The van der Waals surface area contributed by atoms with Gasteiger partial charge >= 0.3 is 5.97 Å². The summed E-state index contributed by atoms with van der Waals surface area (Å²) >= 11 is 3.36. The Kier molecular flexibility index (Phi) is 5.83. The molecule has 0 spiro atoms. The van der Waals surface area contributed by atoms with Crippen molar-refractivity contribution in [2.75, 3.05) is 6.61 Å². The largest absolute Gasteiger partial charge is 0.483 e. The predicted octanol–water partition coefficient (Wildman–Crippen LogP) is 6.05. The Morgan fingerprint density at radius 3 is 2.38 bits per heavy atom. The van der Waals surface area contributed by atoms with Crippen LogP contribution in [-0.4, -0.2) is 22.7 Å². The number of para-hydroxylation sites is 1. The first-order valence-electron chi connectivity index (χ1n) is 10.1. The van der Waals surface area contributed by atoms with Crippen LogP contribution in [-0.2, 0) is 11.4 Å². The number of ether oxygens (including phenoxy) is 2. The lowest BCUT2D eigenvalue weighted by Crippen LogP contribution is -2.11. The molecule has 1 N–H and O–H groups in total. The van der Waals surface area contributed by atoms with Gasteiger partial charge in [-0.1, -0.05) is 78.5 Å². The molecule has 5 rings (SSSR count). The molecule has 1 aliphatic heterocycles. The van der Waals surface area contributed by atoms with Crippen molar-refractivity contribution in [2.45, 2.75) is 16.2 Å². The third-order valence-electron chi connectivity index (χ3n) is 5.03. The molecule has 7 heteroatoms. The van der Waals surface area contributed by atoms with Crippen LogP contribution in [0.25, 0.3) is 11.3 Å². The minimum atomic E-state index is -1.03. The number of rotatable bonds is 7. The number of carboxylic acids is 1. The molecule has 32 heavy (non-hydrogen) atoms. The summed E-state index contributed by atoms with van der Waals surface area (Å²) in [6.07, 6.45) is 0. The minimum absolute atomic E-state index is 0.121. The summed E-state index contributed by atoms with van der Waals surface area (Å²) in [6, 6.07) is 26.3. The molecule has 0 atom stereocenters. The molecule has 1 aliphatic rings. The molecule has 5 nitrogen and oxygen atoms in total. The lowest BCUT2D eigenvalue weighted by atomic mass is 10.0. The first-order valence-corrected chi connectivity index (χ1v) is 11.8. The molecule has 2 heterocycles. The van der Waals surface area contributed by atoms with Crippen molar-refractivity contribution < 1.29 is 19.4 Å². The van der Waals surface area contributed by atoms with Crippen LogP contribution in [0.3, 0.4) is 0 Å². The van der Waals surface area contributed by atoms with Crippen LogP contribution in [0.15, 0.2) is 83.2 Å². The van der Waals surface area contributed by atoms with E-state index in [1.165, 1.54) is 11.1 Å². The Balaban J connectivity index is 1.48. The summed E-state index contributed by atoms with van der Waals surface area (Å²) in [6.45, 7) is -0.0317. The van der Waals surface area contributed by atoms with E-state index in [-0.39, 0.29) is 5.25 Å². The van der Waals surface area contributed by atoms with Gasteiger partial charge in [-0.3, -0.25) is 0 Å². The maximum absolute atomic E-state index is 10.9. The van der Waals surface area contributed by atoms with Gasteiger partial charge in [-0.2, -0.15) is 0 Å². The maximum Gasteiger partial charge on any atom is 0.341 e. The van der Waals surface area contributed by atoms with Crippen molar-refractivity contribution in [1.29, 1.82) is 0 Å². The highest BCUT2D eigenvalue weighted by Crippen LogP contribution is 2.48. The predicted molar refractivity (Wildman–Crippen MR) is 126 cm³/mol. The minimum Gasteiger partial charge on any atom is -0.483 e. The number of hydrogen-bond donors (Lipinski definition) is 1. The zero-order chi connectivity index (χ0) is 21.9. The van der Waals surface area contributed by atoms with Gasteiger partial charge in [-0.05, 0) is 23.3 Å². The summed E-state index contributed by atoms with van der Waals surface area (Å²) in [5, 5.41) is 9.05. The molecule has 0 aliphatic carbocycles. The summed E-state index contributed by atoms with van der Waals surface area (Å²) < 4.78 is 12.3. The van der Waals surface area contributed by atoms with Crippen LogP contribution in [0.1, 0.15) is 21.3 Å². The zero-order valence-corrected chi connectivity index (χ0v) is 18.6. The van der Waals surface area contributed by atoms with E-state index < -0.39 is 12.6 Å². The molecule has 0 amide bonds. The highest BCUT2D eigenvalue weighted by Gasteiger charge is 2.27. The number of fused-ring (bicyclic) bond motifs is 3. The van der Waals surface area contributed by atoms with Crippen LogP contribution >= 0.6 is 23.1 Å². The summed E-state index contributed by atoms with van der Waals surface area (Å²) in [5.74, 6) is -0.0609. The number of thiazole rings is 1. The van der Waals surface area contributed by atoms with Crippen molar-refractivity contribution in [3.63, 3.8) is 0 Å². The first kappa shape index (κ1) is 20.6. The van der Waals surface area contributed by atoms with E-state index in [1.807, 2.05) is 24.3 Å². The monoisotopic (exact) mass is 461 g/mol. The fraction of sp³-hybridized carbons (Fsp3) is 0.120. The number of aromatic nitrogens is 1. The average molecular weight is 462 g/mol. The third-order valence-corrected chi connectivity index (χ3v) is 7.47. The number of hydrogen-bond acceptors (Lipinski definition) is 6. The van der Waals surface area contributed by atoms with Gasteiger partial charge in [0.05, 0.1) is 15.8 Å². The lowest BCUT2D eigenvalue weighted by molar-refractivity contribution is -0.139. The Morgan fingerprint density at radius 2 is 1.72 bits per heavy atom. The van der Waals surface area contributed by atoms with Gasteiger partial charge in [0.15, 0.2) is 22.4 Å². The van der Waals surface area contributed by atoms with Crippen molar-refractivity contribution in [2.24, 2.45) is 0 Å². The fourth-order valence-electron chi connectivity index (χ4n) is 3.62. The molecule has 0 saturated carbocycles. The molecule has 4 aromatic rings. The summed E-state index contributed by atoms with van der Waals surface area (Å²) in [4.78, 5) is 16.9. The smallest absolute Gasteiger partial charge is 0.341 e. The van der Waals surface area contributed by atoms with Crippen LogP contribution < -0.4 is 9.47 Å².